The first-order chi connectivity index (χ1) is 7.97. The molecule has 3 nitrogen and oxygen atoms in total. The van der Waals surface area contributed by atoms with Crippen molar-refractivity contribution in [3.05, 3.63) is 82.8 Å². The second kappa shape index (κ2) is 21.7. The van der Waals surface area contributed by atoms with Crippen molar-refractivity contribution >= 4 is 0 Å². The first-order valence-corrected chi connectivity index (χ1v) is 4.16. The van der Waals surface area contributed by atoms with Crippen LogP contribution in [0.3, 0.4) is 0 Å². The smallest absolute Gasteiger partial charge is 0.358 e. The molecule has 2 rings (SSSR count). The zero-order valence-corrected chi connectivity index (χ0v) is 12.8. The molecule has 2 aliphatic rings. The van der Waals surface area contributed by atoms with Crippen LogP contribution in [0.1, 0.15) is 6.42 Å². The first-order valence-electron chi connectivity index (χ1n) is 4.16. The minimum absolute atomic E-state index is 0. The monoisotopic (exact) mass is 412 g/mol. The molecular formula is C14H12O3W+. The maximum Gasteiger partial charge on any atom is 2.00 e. The van der Waals surface area contributed by atoms with Crippen molar-refractivity contribution in [2.75, 3.05) is 0 Å². The van der Waals surface area contributed by atoms with Gasteiger partial charge in [-0.3, -0.25) is 0 Å². The van der Waals surface area contributed by atoms with E-state index >= 15 is 0 Å². The summed E-state index contributed by atoms with van der Waals surface area (Å²) in [5, 5.41) is 0. The molecule has 0 atom stereocenters. The Morgan fingerprint density at radius 1 is 0.889 bits per heavy atom. The van der Waals surface area contributed by atoms with Crippen molar-refractivity contribution in [2.45, 2.75) is 6.42 Å². The van der Waals surface area contributed by atoms with Crippen molar-refractivity contribution < 1.29 is 35.0 Å². The molecule has 1 saturated carbocycles. The van der Waals surface area contributed by atoms with Crippen molar-refractivity contribution in [1.29, 1.82) is 0 Å². The van der Waals surface area contributed by atoms with Gasteiger partial charge in [-0.15, -0.1) is 0 Å². The van der Waals surface area contributed by atoms with Gasteiger partial charge in [0.25, 0.3) is 0 Å². The summed E-state index contributed by atoms with van der Waals surface area (Å²) in [6.45, 7) is 13.5. The van der Waals surface area contributed by atoms with Gasteiger partial charge in [0.1, 0.15) is 0 Å². The fourth-order valence-electron chi connectivity index (χ4n) is 1.25. The summed E-state index contributed by atoms with van der Waals surface area (Å²) in [4.78, 5) is 0. The molecule has 18 heavy (non-hydrogen) atoms. The molecule has 0 bridgehead atoms. The van der Waals surface area contributed by atoms with Crippen LogP contribution in [0.5, 0.6) is 0 Å². The summed E-state index contributed by atoms with van der Waals surface area (Å²) in [6, 6.07) is 0. The van der Waals surface area contributed by atoms with E-state index in [2.05, 4.69) is 63.9 Å². The Balaban J connectivity index is -0.000000109. The Kier molecular flexibility index (Phi) is 31.3. The fraction of sp³-hybridized carbons (Fsp3) is 0.0714. The minimum Gasteiger partial charge on any atom is -0.358 e. The van der Waals surface area contributed by atoms with Gasteiger partial charge in [0.2, 0.25) is 0 Å². The van der Waals surface area contributed by atoms with Gasteiger partial charge in [-0.1, -0.05) is 23.8 Å². The summed E-state index contributed by atoms with van der Waals surface area (Å²) in [7, 11) is 0. The third-order valence-corrected chi connectivity index (χ3v) is 1.80. The van der Waals surface area contributed by atoms with E-state index in [1.807, 2.05) is 0 Å². The van der Waals surface area contributed by atoms with E-state index < -0.39 is 0 Å². The molecule has 0 aromatic heterocycles. The van der Waals surface area contributed by atoms with E-state index in [0.29, 0.717) is 0 Å². The Hall–Kier alpha value is -0.612. The molecule has 0 unspecified atom stereocenters. The topological polar surface area (TPSA) is 59.7 Å². The van der Waals surface area contributed by atoms with Gasteiger partial charge >= 0.3 is 55.0 Å². The van der Waals surface area contributed by atoms with Gasteiger partial charge < -0.3 is 7.43 Å². The fourth-order valence-corrected chi connectivity index (χ4v) is 1.25. The average Bonchev–Trinajstić information content (AvgIpc) is 3.09. The molecule has 0 heterocycles. The van der Waals surface area contributed by atoms with Gasteiger partial charge in [-0.25, -0.2) is 0 Å². The van der Waals surface area contributed by atoms with Gasteiger partial charge in [0.15, 0.2) is 0 Å². The summed E-state index contributed by atoms with van der Waals surface area (Å²) >= 11 is 0. The summed E-state index contributed by atoms with van der Waals surface area (Å²) in [5.74, 6) is 1.37. The molecule has 0 saturated heterocycles. The largest absolute Gasteiger partial charge is 2.00 e. The molecule has 2 aliphatic carbocycles. The van der Waals surface area contributed by atoms with Crippen LogP contribution in [0.15, 0.2) is 23.8 Å². The van der Waals surface area contributed by atoms with E-state index in [1.165, 1.54) is 11.5 Å². The molecule has 0 amide bonds. The number of hydrogen-bond acceptors (Lipinski definition) is 0. The van der Waals surface area contributed by atoms with E-state index in [1.54, 1.807) is 0 Å². The van der Waals surface area contributed by atoms with Gasteiger partial charge in [0, 0.05) is 5.92 Å². The van der Waals surface area contributed by atoms with Crippen molar-refractivity contribution in [3.63, 3.8) is 0 Å². The molecular weight excluding hydrogens is 400 g/mol. The van der Waals surface area contributed by atoms with Gasteiger partial charge in [0.05, 0.1) is 0 Å². The van der Waals surface area contributed by atoms with Crippen LogP contribution >= 0.6 is 0 Å². The van der Waals surface area contributed by atoms with Crippen LogP contribution in [0.2, 0.25) is 0 Å². The molecule has 4 heteroatoms. The van der Waals surface area contributed by atoms with Gasteiger partial charge in [-0.2, -0.15) is 0 Å². The van der Waals surface area contributed by atoms with E-state index in [-0.39, 0.29) is 28.5 Å². The average molecular weight is 412 g/mol. The van der Waals surface area contributed by atoms with Crippen LogP contribution in [-0.4, -0.2) is 0 Å². The zero-order chi connectivity index (χ0) is 12.8. The molecule has 0 aromatic rings. The van der Waals surface area contributed by atoms with Crippen LogP contribution in [-0.2, 0) is 35.0 Å². The maximum atomic E-state index is 7.50. The molecule has 91 valence electrons. The molecule has 0 N–H and O–H groups in total. The second-order valence-electron chi connectivity index (χ2n) is 2.50. The quantitative estimate of drug-likeness (QED) is 0.470. The van der Waals surface area contributed by atoms with Crippen LogP contribution in [0.4, 0.5) is 0 Å². The van der Waals surface area contributed by atoms with E-state index in [4.69, 9.17) is 14.0 Å². The van der Waals surface area contributed by atoms with Crippen LogP contribution in [0.25, 0.3) is 0 Å². The number of allylic oxidation sites excluding steroid dienone is 4. The van der Waals surface area contributed by atoms with Crippen molar-refractivity contribution in [1.82, 2.24) is 0 Å². The summed E-state index contributed by atoms with van der Waals surface area (Å²) < 4.78 is 22.5. The Morgan fingerprint density at radius 3 is 1.67 bits per heavy atom. The zero-order valence-electron chi connectivity index (χ0n) is 9.88. The standard InChI is InChI=1S/C10H9.3CO.CH3.W/c1-2-6-9(5-1)10-7-3-4-8-10;3*1-2;;/h1-7H,8H2;;;;1H3;/q;;;;-1;+2. The van der Waals surface area contributed by atoms with Crippen molar-refractivity contribution in [3.8, 4) is 0 Å². The third kappa shape index (κ3) is 10.5. The molecule has 0 aliphatic heterocycles. The maximum absolute atomic E-state index is 7.50. The van der Waals surface area contributed by atoms with Crippen LogP contribution in [0, 0.1) is 59.0 Å². The van der Waals surface area contributed by atoms with Gasteiger partial charge in [-0.05, 0) is 32.1 Å². The molecule has 5 radical (unpaired) electrons. The molecule has 0 aromatic carbocycles. The summed E-state index contributed by atoms with van der Waals surface area (Å²) in [5.41, 5.74) is 1.44. The predicted molar refractivity (Wildman–Crippen MR) is 60.5 cm³/mol. The van der Waals surface area contributed by atoms with E-state index in [0.717, 1.165) is 6.42 Å². The van der Waals surface area contributed by atoms with Crippen LogP contribution < -0.4 is 0 Å². The Labute approximate surface area is 124 Å². The Bertz CT molecular complexity index is 267. The number of hydrogen-bond donors (Lipinski definition) is 0. The minimum atomic E-state index is 0. The Morgan fingerprint density at radius 2 is 1.33 bits per heavy atom. The molecule has 1 fully saturated rings. The number of rotatable bonds is 1. The van der Waals surface area contributed by atoms with E-state index in [9.17, 15) is 0 Å². The van der Waals surface area contributed by atoms with Crippen molar-refractivity contribution in [2.24, 2.45) is 0 Å². The second-order valence-corrected chi connectivity index (χ2v) is 2.50. The predicted octanol–water partition coefficient (Wildman–Crippen LogP) is 2.61. The molecule has 0 spiro atoms. The third-order valence-electron chi connectivity index (χ3n) is 1.80. The SMILES string of the molecule is [C-]#[O+].[C-]#[O+].[C-]#[O+].[CH3-].[CH]1[CH][CH][C](C2=CC=CC2)[CH]1.[W+2]. The summed E-state index contributed by atoms with van der Waals surface area (Å²) in [6.07, 6.45) is 16.0. The first kappa shape index (κ1) is 26.1. The normalized spacial score (nSPS) is 14.7.